The largest absolute Gasteiger partial charge is 0.598 e. The molecule has 2 N–H and O–H groups in total. The fourth-order valence-corrected chi connectivity index (χ4v) is 4.14. The summed E-state index contributed by atoms with van der Waals surface area (Å²) >= 11 is -1.89. The number of halogens is 5. The van der Waals surface area contributed by atoms with Crippen molar-refractivity contribution in [2.45, 2.75) is 58.0 Å². The van der Waals surface area contributed by atoms with E-state index in [2.05, 4.69) is 4.72 Å². The van der Waals surface area contributed by atoms with Crippen LogP contribution >= 0.6 is 0 Å². The third-order valence-electron chi connectivity index (χ3n) is 4.75. The lowest BCUT2D eigenvalue weighted by atomic mass is 9.90. The van der Waals surface area contributed by atoms with Crippen LogP contribution in [0.25, 0.3) is 11.1 Å². The van der Waals surface area contributed by atoms with Crippen LogP contribution < -0.4 is 4.72 Å². The highest BCUT2D eigenvalue weighted by Crippen LogP contribution is 2.40. The molecule has 32 heavy (non-hydrogen) atoms. The average Bonchev–Trinajstić information content (AvgIpc) is 2.59. The van der Waals surface area contributed by atoms with Crippen molar-refractivity contribution in [2.75, 3.05) is 0 Å². The fraction of sp³-hybridized carbons (Fsp3) is 0.409. The molecule has 0 radical (unpaired) electrons. The van der Waals surface area contributed by atoms with Crippen molar-refractivity contribution in [2.24, 2.45) is 0 Å². The molecule has 0 amide bonds. The number of aryl methyl sites for hydroxylation is 2. The highest BCUT2D eigenvalue weighted by molar-refractivity contribution is 7.90. The van der Waals surface area contributed by atoms with Gasteiger partial charge in [-0.1, -0.05) is 0 Å². The van der Waals surface area contributed by atoms with Gasteiger partial charge in [-0.2, -0.15) is 13.2 Å². The number of hydrogen-bond donors (Lipinski definition) is 2. The summed E-state index contributed by atoms with van der Waals surface area (Å²) < 4.78 is 83.9. The van der Waals surface area contributed by atoms with E-state index in [-0.39, 0.29) is 11.1 Å². The van der Waals surface area contributed by atoms with Crippen LogP contribution in [-0.2, 0) is 22.3 Å². The highest BCUT2D eigenvalue weighted by atomic mass is 32.2. The number of carboxylic acid groups (broad SMARTS) is 1. The van der Waals surface area contributed by atoms with E-state index in [1.807, 2.05) is 0 Å². The molecule has 2 aromatic carbocycles. The third-order valence-corrected chi connectivity index (χ3v) is 6.36. The minimum Gasteiger partial charge on any atom is -0.598 e. The summed E-state index contributed by atoms with van der Waals surface area (Å²) in [5, 5.41) is 9.26. The monoisotopic (exact) mass is 477 g/mol. The number of rotatable bonds is 6. The first kappa shape index (κ1) is 26.1. The number of benzene rings is 2. The van der Waals surface area contributed by atoms with Gasteiger partial charge < -0.3 is 9.66 Å². The SMILES string of the molecule is Cc1cc(F)cc(C)c1-c1cc(C(CC(=O)O)N[S+]([O-])C(C)(C)C)c(F)c(C(F)(F)F)c1. The topological polar surface area (TPSA) is 72.4 Å². The van der Waals surface area contributed by atoms with Crippen LogP contribution in [0.15, 0.2) is 24.3 Å². The Bertz CT molecular complexity index is 995. The maximum absolute atomic E-state index is 15.1. The predicted molar refractivity (Wildman–Crippen MR) is 112 cm³/mol. The molecule has 0 aromatic heterocycles. The molecule has 2 aromatic rings. The van der Waals surface area contributed by atoms with E-state index in [0.717, 1.165) is 18.2 Å². The van der Waals surface area contributed by atoms with Gasteiger partial charge in [-0.15, -0.1) is 4.72 Å². The molecule has 2 rings (SSSR count). The Balaban J connectivity index is 2.80. The van der Waals surface area contributed by atoms with Gasteiger partial charge in [0.05, 0.1) is 18.0 Å². The fourth-order valence-electron chi connectivity index (χ4n) is 3.31. The van der Waals surface area contributed by atoms with Gasteiger partial charge in [-0.05, 0) is 81.1 Å². The quantitative estimate of drug-likeness (QED) is 0.405. The van der Waals surface area contributed by atoms with Crippen LogP contribution in [0, 0.1) is 25.5 Å². The highest BCUT2D eigenvalue weighted by Gasteiger charge is 2.39. The van der Waals surface area contributed by atoms with Crippen molar-refractivity contribution < 1.29 is 36.4 Å². The van der Waals surface area contributed by atoms with Crippen LogP contribution in [0.1, 0.15) is 55.5 Å². The molecule has 2 unspecified atom stereocenters. The molecule has 0 bridgehead atoms. The summed E-state index contributed by atoms with van der Waals surface area (Å²) in [6.07, 6.45) is -5.88. The molecule has 0 saturated carbocycles. The van der Waals surface area contributed by atoms with Crippen LogP contribution in [0.2, 0.25) is 0 Å². The van der Waals surface area contributed by atoms with Gasteiger partial charge >= 0.3 is 12.1 Å². The van der Waals surface area contributed by atoms with Crippen LogP contribution in [0.5, 0.6) is 0 Å². The number of carboxylic acids is 1. The smallest absolute Gasteiger partial charge is 0.419 e. The van der Waals surface area contributed by atoms with Crippen LogP contribution in [0.3, 0.4) is 0 Å². The van der Waals surface area contributed by atoms with Crippen molar-refractivity contribution >= 4 is 17.3 Å². The lowest BCUT2D eigenvalue weighted by Gasteiger charge is -2.28. The molecule has 0 aliphatic rings. The minimum absolute atomic E-state index is 0.0533. The van der Waals surface area contributed by atoms with Gasteiger partial charge in [0.1, 0.15) is 16.4 Å². The van der Waals surface area contributed by atoms with E-state index in [9.17, 15) is 32.0 Å². The normalized spacial score (nSPS) is 14.3. The van der Waals surface area contributed by atoms with E-state index >= 15 is 4.39 Å². The molecule has 176 valence electrons. The summed E-state index contributed by atoms with van der Waals surface area (Å²) in [5.41, 5.74) is -1.31. The third kappa shape index (κ3) is 5.99. The summed E-state index contributed by atoms with van der Waals surface area (Å²) in [7, 11) is 0. The van der Waals surface area contributed by atoms with Crippen molar-refractivity contribution in [3.05, 3.63) is 58.2 Å². The maximum Gasteiger partial charge on any atom is 0.419 e. The van der Waals surface area contributed by atoms with Gasteiger partial charge in [0, 0.05) is 16.9 Å². The summed E-state index contributed by atoms with van der Waals surface area (Å²) in [6.45, 7) is 7.74. The molecule has 10 heteroatoms. The van der Waals surface area contributed by atoms with Crippen molar-refractivity contribution in [3.8, 4) is 11.1 Å². The van der Waals surface area contributed by atoms with E-state index in [1.165, 1.54) is 13.8 Å². The zero-order valence-corrected chi connectivity index (χ0v) is 19.0. The van der Waals surface area contributed by atoms with E-state index in [0.29, 0.717) is 17.2 Å². The molecule has 0 heterocycles. The number of nitrogens with one attached hydrogen (secondary N) is 1. The Kier molecular flexibility index (Phi) is 7.63. The molecular formula is C22H24F5NO3S. The van der Waals surface area contributed by atoms with Gasteiger partial charge in [0.2, 0.25) is 0 Å². The standard InChI is InChI=1S/C22H24F5NO3S/c1-11-6-14(23)7-12(2)19(11)13-8-15(20(24)16(9-13)22(25,26)27)17(10-18(29)30)28-32(31)21(3,4)5/h6-9,17,28H,10H2,1-5H3,(H,29,30). The Morgan fingerprint density at radius 2 is 1.62 bits per heavy atom. The molecule has 4 nitrogen and oxygen atoms in total. The first-order chi connectivity index (χ1) is 14.5. The number of alkyl halides is 3. The maximum atomic E-state index is 15.1. The van der Waals surface area contributed by atoms with Crippen LogP contribution in [0.4, 0.5) is 22.0 Å². The van der Waals surface area contributed by atoms with E-state index < -0.39 is 63.5 Å². The van der Waals surface area contributed by atoms with Crippen molar-refractivity contribution in [1.82, 2.24) is 4.72 Å². The number of hydrogen-bond acceptors (Lipinski definition) is 3. The van der Waals surface area contributed by atoms with Gasteiger partial charge in [-0.3, -0.25) is 4.79 Å². The molecule has 0 aliphatic carbocycles. The summed E-state index contributed by atoms with van der Waals surface area (Å²) in [5.74, 6) is -3.64. The van der Waals surface area contributed by atoms with Gasteiger partial charge in [-0.25, -0.2) is 8.78 Å². The first-order valence-electron chi connectivity index (χ1n) is 9.60. The Morgan fingerprint density at radius 3 is 2.06 bits per heavy atom. The number of aliphatic carboxylic acids is 1. The average molecular weight is 477 g/mol. The molecule has 2 atom stereocenters. The second-order valence-electron chi connectivity index (χ2n) is 8.49. The van der Waals surface area contributed by atoms with Gasteiger partial charge in [0.15, 0.2) is 0 Å². The zero-order chi connectivity index (χ0) is 24.6. The lowest BCUT2D eigenvalue weighted by molar-refractivity contribution is -0.140. The van der Waals surface area contributed by atoms with E-state index in [1.54, 1.807) is 20.8 Å². The zero-order valence-electron chi connectivity index (χ0n) is 18.2. The Labute approximate surface area is 186 Å². The predicted octanol–water partition coefficient (Wildman–Crippen LogP) is 5.84. The molecular weight excluding hydrogens is 453 g/mol. The summed E-state index contributed by atoms with van der Waals surface area (Å²) in [6, 6.07) is 2.48. The molecule has 0 fully saturated rings. The molecule has 0 saturated heterocycles. The van der Waals surface area contributed by atoms with E-state index in [4.69, 9.17) is 0 Å². The second kappa shape index (κ2) is 9.36. The summed E-state index contributed by atoms with van der Waals surface area (Å²) in [4.78, 5) is 11.4. The Morgan fingerprint density at radius 1 is 1.09 bits per heavy atom. The van der Waals surface area contributed by atoms with Gasteiger partial charge in [0.25, 0.3) is 0 Å². The first-order valence-corrected chi connectivity index (χ1v) is 10.7. The number of carbonyl (C=O) groups is 1. The lowest BCUT2D eigenvalue weighted by Crippen LogP contribution is -2.42. The molecule has 0 spiro atoms. The Hall–Kier alpha value is -2.17. The molecule has 0 aliphatic heterocycles. The van der Waals surface area contributed by atoms with Crippen molar-refractivity contribution in [1.29, 1.82) is 0 Å². The van der Waals surface area contributed by atoms with Crippen molar-refractivity contribution in [3.63, 3.8) is 0 Å². The second-order valence-corrected chi connectivity index (χ2v) is 10.5. The van der Waals surface area contributed by atoms with Crippen LogP contribution in [-0.4, -0.2) is 20.4 Å². The minimum atomic E-state index is -5.08.